The predicted molar refractivity (Wildman–Crippen MR) is 168 cm³/mol. The minimum Gasteiger partial charge on any atom is -0.394 e. The summed E-state index contributed by atoms with van der Waals surface area (Å²) in [4.78, 5) is 40.5. The average Bonchev–Trinajstić information content (AvgIpc) is 3.26. The van der Waals surface area contributed by atoms with Gasteiger partial charge in [-0.2, -0.15) is 0 Å². The quantitative estimate of drug-likeness (QED) is 0.102. The highest BCUT2D eigenvalue weighted by Crippen LogP contribution is 2.37. The Labute approximate surface area is 263 Å². The maximum atomic E-state index is 15.4. The van der Waals surface area contributed by atoms with Crippen LogP contribution in [0.5, 0.6) is 0 Å². The van der Waals surface area contributed by atoms with Crippen LogP contribution in [0.1, 0.15) is 54.7 Å². The number of aldehydes is 1. The Morgan fingerprint density at radius 3 is 2.29 bits per heavy atom. The Balaban J connectivity index is 1.56. The van der Waals surface area contributed by atoms with E-state index in [9.17, 15) is 34.8 Å². The minimum atomic E-state index is -2.45. The second kappa shape index (κ2) is 11.8. The number of hydrogen-bond acceptors (Lipinski definition) is 10. The van der Waals surface area contributed by atoms with Gasteiger partial charge in [-0.25, -0.2) is 9.29 Å². The molecular weight excluding hydrogens is 585 g/mol. The molecule has 1 fully saturated rings. The van der Waals surface area contributed by atoms with Gasteiger partial charge in [-0.05, 0) is 45.9 Å². The van der Waals surface area contributed by atoms with Crippen LogP contribution in [0.2, 0.25) is 0 Å². The molecule has 0 aliphatic carbocycles. The number of carbonyl (C=O) groups is 3. The standard InChI is InChI=1S/C30H41B2FN4O8/c1-26(2)14-36(15-27(3,4)45-26)30(43,44)18-10-9-17(21(33)11-18)12-35-22-8-6-7-19-20(22)13-37(25(19)40)23(24(39)34-5)29(32,42)28(31,41)16-38/h6-11,16,23,35,41-44H,12-15,31-32H2,1-5H3,(H,34,39). The Kier molecular flexibility index (Phi) is 9.05. The first kappa shape index (κ1) is 34.5. The van der Waals surface area contributed by atoms with Crippen LogP contribution in [0.4, 0.5) is 10.1 Å². The van der Waals surface area contributed by atoms with Crippen LogP contribution in [-0.2, 0) is 33.3 Å². The molecule has 2 amide bonds. The number of amides is 2. The van der Waals surface area contributed by atoms with Crippen molar-refractivity contribution in [2.24, 2.45) is 0 Å². The summed E-state index contributed by atoms with van der Waals surface area (Å²) in [6.07, 6.45) is 0.115. The van der Waals surface area contributed by atoms with Gasteiger partial charge >= 0.3 is 0 Å². The van der Waals surface area contributed by atoms with Crippen molar-refractivity contribution in [2.45, 2.75) is 74.9 Å². The van der Waals surface area contributed by atoms with Crippen molar-refractivity contribution in [1.82, 2.24) is 15.1 Å². The number of carbonyl (C=O) groups excluding carboxylic acids is 3. The molecule has 6 N–H and O–H groups in total. The molecule has 0 spiro atoms. The third-order valence-electron chi connectivity index (χ3n) is 8.64. The number of hydrogen-bond donors (Lipinski definition) is 6. The van der Waals surface area contributed by atoms with Crippen molar-refractivity contribution in [3.05, 3.63) is 64.5 Å². The maximum Gasteiger partial charge on any atom is 0.255 e. The summed E-state index contributed by atoms with van der Waals surface area (Å²) in [6, 6.07) is 7.14. The number of ether oxygens (including phenoxy) is 1. The van der Waals surface area contributed by atoms with Crippen molar-refractivity contribution in [3.8, 4) is 0 Å². The fraction of sp³-hybridized carbons (Fsp3) is 0.500. The fourth-order valence-electron chi connectivity index (χ4n) is 6.24. The zero-order valence-corrected chi connectivity index (χ0v) is 26.6. The molecule has 45 heavy (non-hydrogen) atoms. The maximum absolute atomic E-state index is 15.4. The largest absolute Gasteiger partial charge is 0.394 e. The summed E-state index contributed by atoms with van der Waals surface area (Å²) in [7, 11) is 3.47. The van der Waals surface area contributed by atoms with Crippen molar-refractivity contribution >= 4 is 39.5 Å². The van der Waals surface area contributed by atoms with E-state index < -0.39 is 51.8 Å². The lowest BCUT2D eigenvalue weighted by molar-refractivity contribution is -0.321. The first-order valence-electron chi connectivity index (χ1n) is 14.7. The summed E-state index contributed by atoms with van der Waals surface area (Å²) in [5.74, 6) is -4.52. The third-order valence-corrected chi connectivity index (χ3v) is 8.64. The fourth-order valence-corrected chi connectivity index (χ4v) is 6.24. The molecule has 0 aromatic heterocycles. The predicted octanol–water partition coefficient (Wildman–Crippen LogP) is -1.67. The van der Waals surface area contributed by atoms with Gasteiger partial charge in [0.05, 0.1) is 16.7 Å². The molecule has 4 rings (SSSR count). The van der Waals surface area contributed by atoms with E-state index in [0.717, 1.165) is 26.7 Å². The summed E-state index contributed by atoms with van der Waals surface area (Å²) < 4.78 is 21.4. The number of fused-ring (bicyclic) bond motifs is 1. The second-order valence-electron chi connectivity index (χ2n) is 13.5. The van der Waals surface area contributed by atoms with Crippen LogP contribution < -0.4 is 10.6 Å². The molecule has 2 heterocycles. The first-order valence-corrected chi connectivity index (χ1v) is 14.7. The summed E-state index contributed by atoms with van der Waals surface area (Å²) in [5, 5.41) is 49.5. The zero-order chi connectivity index (χ0) is 33.8. The van der Waals surface area contributed by atoms with Gasteiger partial charge in [-0.3, -0.25) is 9.59 Å². The Morgan fingerprint density at radius 1 is 1.11 bits per heavy atom. The molecule has 15 heteroatoms. The number of halogens is 1. The van der Waals surface area contributed by atoms with Gasteiger partial charge in [0.15, 0.2) is 7.85 Å². The van der Waals surface area contributed by atoms with Crippen molar-refractivity contribution < 1.29 is 43.9 Å². The number of benzene rings is 2. The van der Waals surface area contributed by atoms with Gasteiger partial charge in [0.25, 0.3) is 11.8 Å². The minimum absolute atomic E-state index is 0.0331. The van der Waals surface area contributed by atoms with Crippen LogP contribution >= 0.6 is 0 Å². The molecular formula is C30H41B2FN4O8. The van der Waals surface area contributed by atoms with Crippen LogP contribution in [-0.4, -0.2) is 112 Å². The Morgan fingerprint density at radius 2 is 1.73 bits per heavy atom. The topological polar surface area (TPSA) is 172 Å². The van der Waals surface area contributed by atoms with Crippen LogP contribution in [0.25, 0.3) is 0 Å². The number of aliphatic hydroxyl groups is 4. The van der Waals surface area contributed by atoms with E-state index in [4.69, 9.17) is 4.74 Å². The van der Waals surface area contributed by atoms with E-state index in [1.807, 2.05) is 27.7 Å². The number of nitrogens with one attached hydrogen (secondary N) is 2. The van der Waals surface area contributed by atoms with E-state index >= 15 is 4.39 Å². The highest BCUT2D eigenvalue weighted by molar-refractivity contribution is 6.33. The molecule has 242 valence electrons. The molecule has 0 radical (unpaired) electrons. The normalized spacial score (nSPS) is 21.3. The SMILES string of the molecule is BC(O)(C=O)C(B)(O)C(C(=O)NC)N1Cc2c(NCc3ccc(C(O)(O)N4CC(C)(C)OC(C)(C)C4)cc3F)cccc2C1=O. The van der Waals surface area contributed by atoms with Crippen LogP contribution in [0, 0.1) is 5.82 Å². The Bertz CT molecular complexity index is 1480. The highest BCUT2D eigenvalue weighted by atomic mass is 19.1. The van der Waals surface area contributed by atoms with Crippen molar-refractivity contribution in [2.75, 3.05) is 25.5 Å². The molecule has 3 unspecified atom stereocenters. The van der Waals surface area contributed by atoms with E-state index in [0.29, 0.717) is 11.3 Å². The van der Waals surface area contributed by atoms with Crippen LogP contribution in [0.3, 0.4) is 0 Å². The van der Waals surface area contributed by atoms with Crippen molar-refractivity contribution in [1.29, 1.82) is 0 Å². The lowest BCUT2D eigenvalue weighted by atomic mass is 9.55. The zero-order valence-electron chi connectivity index (χ0n) is 26.6. The number of nitrogens with zero attached hydrogens (tertiary/aromatic N) is 2. The van der Waals surface area contributed by atoms with E-state index in [-0.39, 0.29) is 49.2 Å². The number of morpholine rings is 1. The summed E-state index contributed by atoms with van der Waals surface area (Å²) in [6.45, 7) is 7.59. The Hall–Kier alpha value is -3.33. The number of likely N-dealkylation sites (N-methyl/N-ethyl adjacent to an activating group) is 1. The average molecular weight is 626 g/mol. The highest BCUT2D eigenvalue weighted by Gasteiger charge is 2.55. The number of rotatable bonds is 10. The van der Waals surface area contributed by atoms with Gasteiger partial charge in [0.1, 0.15) is 31.5 Å². The van der Waals surface area contributed by atoms with Gasteiger partial charge in [0, 0.05) is 61.2 Å². The van der Waals surface area contributed by atoms with Gasteiger partial charge < -0.3 is 45.5 Å². The molecule has 0 saturated carbocycles. The molecule has 1 saturated heterocycles. The number of anilines is 1. The monoisotopic (exact) mass is 626 g/mol. The van der Waals surface area contributed by atoms with Crippen molar-refractivity contribution in [3.63, 3.8) is 0 Å². The van der Waals surface area contributed by atoms with Gasteiger partial charge in [-0.1, -0.05) is 18.2 Å². The van der Waals surface area contributed by atoms with E-state index in [1.54, 1.807) is 18.2 Å². The second-order valence-corrected chi connectivity index (χ2v) is 13.5. The molecule has 2 aliphatic rings. The molecule has 2 aromatic rings. The third kappa shape index (κ3) is 6.51. The molecule has 3 atom stereocenters. The van der Waals surface area contributed by atoms with Gasteiger partial charge in [0.2, 0.25) is 5.91 Å². The van der Waals surface area contributed by atoms with Gasteiger partial charge in [-0.15, -0.1) is 0 Å². The van der Waals surface area contributed by atoms with E-state index in [2.05, 4.69) is 10.6 Å². The molecule has 0 bridgehead atoms. The molecule has 12 nitrogen and oxygen atoms in total. The lowest BCUT2D eigenvalue weighted by Gasteiger charge is -2.50. The lowest BCUT2D eigenvalue weighted by Crippen LogP contribution is -2.71. The summed E-state index contributed by atoms with van der Waals surface area (Å²) >= 11 is 0. The smallest absolute Gasteiger partial charge is 0.255 e. The summed E-state index contributed by atoms with van der Waals surface area (Å²) in [5.41, 5.74) is -4.73. The van der Waals surface area contributed by atoms with E-state index in [1.165, 1.54) is 24.1 Å². The molecule has 2 aliphatic heterocycles. The van der Waals surface area contributed by atoms with Crippen LogP contribution in [0.15, 0.2) is 36.4 Å². The molecule has 2 aromatic carbocycles. The first-order chi connectivity index (χ1) is 20.7.